The molecule has 3 rings (SSSR count). The second kappa shape index (κ2) is 9.85. The number of aliphatic imine (C=N–C) groups is 1. The molecule has 0 aliphatic carbocycles. The molecule has 0 saturated carbocycles. The number of nitrogens with one attached hydrogen (secondary N) is 2. The minimum absolute atomic E-state index is 0. The number of carbonyl (C=O) groups excluding carboxylic acids is 2. The Morgan fingerprint density at radius 3 is 2.50 bits per heavy atom. The second-order valence-electron chi connectivity index (χ2n) is 6.11. The van der Waals surface area contributed by atoms with E-state index in [1.807, 2.05) is 38.1 Å². The van der Waals surface area contributed by atoms with Gasteiger partial charge in [-0.1, -0.05) is 39.3 Å². The molecule has 2 heterocycles. The quantitative estimate of drug-likeness (QED) is 0.521. The van der Waals surface area contributed by atoms with Crippen LogP contribution in [0.1, 0.15) is 40.0 Å². The maximum Gasteiger partial charge on any atom is 1.00 e. The van der Waals surface area contributed by atoms with Gasteiger partial charge in [-0.3, -0.25) is 9.59 Å². The van der Waals surface area contributed by atoms with E-state index in [1.165, 1.54) is 0 Å². The van der Waals surface area contributed by atoms with Crippen LogP contribution < -0.4 is 40.0 Å². The van der Waals surface area contributed by atoms with E-state index < -0.39 is 23.3 Å². The van der Waals surface area contributed by atoms with Crippen molar-refractivity contribution in [3.8, 4) is 0 Å². The topological polar surface area (TPSA) is 110 Å². The van der Waals surface area contributed by atoms with Crippen LogP contribution in [0.5, 0.6) is 0 Å². The van der Waals surface area contributed by atoms with Crippen molar-refractivity contribution in [2.75, 3.05) is 0 Å². The molecule has 0 bridgehead atoms. The molecule has 0 fully saturated rings. The van der Waals surface area contributed by atoms with E-state index in [4.69, 9.17) is 0 Å². The Morgan fingerprint density at radius 1 is 1.23 bits per heavy atom. The summed E-state index contributed by atoms with van der Waals surface area (Å²) in [4.78, 5) is 34.1. The predicted octanol–water partition coefficient (Wildman–Crippen LogP) is -1.24. The molecule has 1 aromatic carbocycles. The fourth-order valence-electron chi connectivity index (χ4n) is 3.18. The van der Waals surface area contributed by atoms with Crippen molar-refractivity contribution in [3.05, 3.63) is 30.6 Å². The molecule has 2 aromatic rings. The van der Waals surface area contributed by atoms with Crippen LogP contribution in [-0.2, 0) is 9.59 Å². The number of amides is 2. The van der Waals surface area contributed by atoms with Gasteiger partial charge in [0.25, 0.3) is 5.91 Å². The van der Waals surface area contributed by atoms with Crippen LogP contribution in [0.25, 0.3) is 11.0 Å². The summed E-state index contributed by atoms with van der Waals surface area (Å²) in [7, 11) is 0. The van der Waals surface area contributed by atoms with E-state index in [9.17, 15) is 14.7 Å². The van der Waals surface area contributed by atoms with Gasteiger partial charge < -0.3 is 15.4 Å². The number of fused-ring (bicyclic) bond motifs is 1. The van der Waals surface area contributed by atoms with Gasteiger partial charge in [-0.15, -0.1) is 0 Å². The Kier molecular flexibility index (Phi) is 8.46. The van der Waals surface area contributed by atoms with Crippen LogP contribution >= 0.6 is 0 Å². The summed E-state index contributed by atoms with van der Waals surface area (Å²) in [5.74, 6) is -1.20. The molecular formula is C18H23N4NaO3. The molecule has 2 N–H and O–H groups in total. The molecule has 7 nitrogen and oxygen atoms in total. The minimum atomic E-state index is -1.15. The molecule has 1 aliphatic rings. The monoisotopic (exact) mass is 366 g/mol. The minimum Gasteiger partial charge on any atom is -0.846 e. The number of benzene rings is 1. The molecule has 8 heteroatoms. The number of para-hydroxylation sites is 2. The number of aromatic nitrogens is 2. The first-order valence-corrected chi connectivity index (χ1v) is 8.45. The van der Waals surface area contributed by atoms with Crippen molar-refractivity contribution in [2.45, 2.75) is 40.0 Å². The molecule has 26 heavy (non-hydrogen) atoms. The summed E-state index contributed by atoms with van der Waals surface area (Å²) in [6, 6.07) is 7.10. The summed E-state index contributed by atoms with van der Waals surface area (Å²) >= 11 is 0. The van der Waals surface area contributed by atoms with E-state index in [-0.39, 0.29) is 35.5 Å². The van der Waals surface area contributed by atoms with E-state index in [1.54, 1.807) is 13.3 Å². The van der Waals surface area contributed by atoms with Crippen LogP contribution in [0.3, 0.4) is 0 Å². The molecule has 0 saturated heterocycles. The van der Waals surface area contributed by atoms with Crippen LogP contribution in [0.2, 0.25) is 0 Å². The normalized spacial score (nSPS) is 20.3. The number of imidazole rings is 1. The first kappa shape index (κ1) is 22.3. The Bertz CT molecular complexity index is 759. The number of amidine groups is 1. The van der Waals surface area contributed by atoms with Crippen molar-refractivity contribution in [1.82, 2.24) is 15.3 Å². The van der Waals surface area contributed by atoms with Gasteiger partial charge in [-0.2, -0.15) is 0 Å². The van der Waals surface area contributed by atoms with Crippen molar-refractivity contribution >= 4 is 28.9 Å². The number of aromatic amines is 1. The van der Waals surface area contributed by atoms with E-state index in [0.29, 0.717) is 6.42 Å². The molecular weight excluding hydrogens is 343 g/mol. The SMILES string of the molecule is CCCC(C)C1(CC)C(=O)N=C([O-])NC1=O.[Na+].c1ccc2[nH]cnc2c1. The first-order chi connectivity index (χ1) is 12.0. The van der Waals surface area contributed by atoms with Crippen LogP contribution in [0.15, 0.2) is 35.6 Å². The third-order valence-electron chi connectivity index (χ3n) is 4.66. The number of rotatable bonds is 4. The molecule has 1 aromatic heterocycles. The molecule has 134 valence electrons. The second-order valence-corrected chi connectivity index (χ2v) is 6.11. The number of hydrogen-bond acceptors (Lipinski definition) is 4. The summed E-state index contributed by atoms with van der Waals surface area (Å²) in [5, 5.41) is 13.1. The van der Waals surface area contributed by atoms with Gasteiger partial charge in [0.1, 0.15) is 5.41 Å². The predicted molar refractivity (Wildman–Crippen MR) is 93.5 cm³/mol. The summed E-state index contributed by atoms with van der Waals surface area (Å²) < 4.78 is 0. The van der Waals surface area contributed by atoms with Gasteiger partial charge in [0.15, 0.2) is 0 Å². The third kappa shape index (κ3) is 4.52. The summed E-state index contributed by atoms with van der Waals surface area (Å²) in [5.41, 5.74) is 0.971. The van der Waals surface area contributed by atoms with Crippen molar-refractivity contribution in [1.29, 1.82) is 0 Å². The smallest absolute Gasteiger partial charge is 0.846 e. The maximum absolute atomic E-state index is 11.9. The average Bonchev–Trinajstić information content (AvgIpc) is 3.04. The Hall–Kier alpha value is -1.70. The van der Waals surface area contributed by atoms with Gasteiger partial charge in [0.05, 0.1) is 23.4 Å². The van der Waals surface area contributed by atoms with Gasteiger partial charge in [-0.05, 0) is 30.9 Å². The summed E-state index contributed by atoms with van der Waals surface area (Å²) in [6.45, 7) is 5.62. The Balaban J connectivity index is 0.000000284. The van der Waals surface area contributed by atoms with Gasteiger partial charge in [-0.25, -0.2) is 9.98 Å². The first-order valence-electron chi connectivity index (χ1n) is 8.45. The van der Waals surface area contributed by atoms with Crippen LogP contribution in [0, 0.1) is 11.3 Å². The van der Waals surface area contributed by atoms with Crippen molar-refractivity contribution in [3.63, 3.8) is 0 Å². The fourth-order valence-corrected chi connectivity index (χ4v) is 3.18. The molecule has 1 aliphatic heterocycles. The number of carbonyl (C=O) groups is 2. The Labute approximate surface area is 175 Å². The third-order valence-corrected chi connectivity index (χ3v) is 4.66. The van der Waals surface area contributed by atoms with E-state index in [0.717, 1.165) is 23.9 Å². The molecule has 2 unspecified atom stereocenters. The number of hydrogen-bond donors (Lipinski definition) is 2. The largest absolute Gasteiger partial charge is 1.00 e. The zero-order valence-corrected chi connectivity index (χ0v) is 17.7. The number of nitrogens with zero attached hydrogens (tertiary/aromatic N) is 2. The number of H-pyrrole nitrogens is 1. The standard InChI is InChI=1S/C11H18N2O3.C7H6N2.Na/c1-4-6-7(3)11(5-2)8(14)12-10(16)13-9(11)15;1-2-4-7-6(3-1)8-5-9-7;/h7H,4-6H2,1-3H3,(H2,12,13,14,15,16);1-5H,(H,8,9);/q;;+1/p-1. The zero-order valence-electron chi connectivity index (χ0n) is 15.7. The van der Waals surface area contributed by atoms with Gasteiger partial charge in [0, 0.05) is 0 Å². The molecule has 0 radical (unpaired) electrons. The maximum atomic E-state index is 11.9. The van der Waals surface area contributed by atoms with Crippen LogP contribution in [-0.4, -0.2) is 27.8 Å². The van der Waals surface area contributed by atoms with Crippen LogP contribution in [0.4, 0.5) is 0 Å². The molecule has 2 amide bonds. The average molecular weight is 366 g/mol. The summed E-state index contributed by atoms with van der Waals surface area (Å²) in [6.07, 6.45) is 3.72. The van der Waals surface area contributed by atoms with Gasteiger partial charge >= 0.3 is 29.6 Å². The molecule has 0 spiro atoms. The van der Waals surface area contributed by atoms with Crippen molar-refractivity contribution in [2.24, 2.45) is 16.3 Å². The zero-order chi connectivity index (χ0) is 18.4. The van der Waals surface area contributed by atoms with E-state index >= 15 is 0 Å². The fraction of sp³-hybridized carbons (Fsp3) is 0.444. The van der Waals surface area contributed by atoms with Gasteiger partial charge in [0.2, 0.25) is 5.91 Å². The Morgan fingerprint density at radius 2 is 1.92 bits per heavy atom. The van der Waals surface area contributed by atoms with E-state index in [2.05, 4.69) is 20.3 Å². The molecule has 2 atom stereocenters. The van der Waals surface area contributed by atoms with Crippen molar-refractivity contribution < 1.29 is 44.3 Å².